The molecule has 3 unspecified atom stereocenters. The molecular weight excluding hydrogens is 532 g/mol. The van der Waals surface area contributed by atoms with Crippen LogP contribution in [0, 0.1) is 0 Å². The van der Waals surface area contributed by atoms with Gasteiger partial charge in [0.25, 0.3) is 11.8 Å². The van der Waals surface area contributed by atoms with E-state index in [-0.39, 0.29) is 41.8 Å². The number of ether oxygens (including phenoxy) is 1. The van der Waals surface area contributed by atoms with Crippen LogP contribution in [0.3, 0.4) is 0 Å². The number of nitrogens with one attached hydrogen (secondary N) is 3. The van der Waals surface area contributed by atoms with E-state index in [1.807, 2.05) is 6.07 Å². The molecule has 1 spiro atoms. The van der Waals surface area contributed by atoms with E-state index in [9.17, 15) is 19.8 Å². The average Bonchev–Trinajstić information content (AvgIpc) is 3.41. The van der Waals surface area contributed by atoms with Gasteiger partial charge in [-0.05, 0) is 24.0 Å². The molecule has 0 saturated carbocycles. The maximum absolute atomic E-state index is 13.6. The van der Waals surface area contributed by atoms with Gasteiger partial charge in [0.1, 0.15) is 17.8 Å². The first-order valence-corrected chi connectivity index (χ1v) is 13.2. The predicted octanol–water partition coefficient (Wildman–Crippen LogP) is -2.26. The molecule has 0 bridgehead atoms. The molecule has 6 rings (SSSR count). The average molecular weight is 565 g/mol. The van der Waals surface area contributed by atoms with Gasteiger partial charge >= 0.3 is 0 Å². The van der Waals surface area contributed by atoms with Crippen LogP contribution in [0.2, 0.25) is 0 Å². The number of aliphatic hydroxyl groups is 2. The number of hydrogen-bond donors (Lipinski definition) is 7. The fraction of sp³-hybridized carbons (Fsp3) is 0.462. The molecule has 2 aromatic rings. The Balaban J connectivity index is 1.27. The van der Waals surface area contributed by atoms with Gasteiger partial charge in [0.2, 0.25) is 11.6 Å². The minimum atomic E-state index is -2.63. The molecule has 4 aliphatic rings. The van der Waals surface area contributed by atoms with E-state index in [0.29, 0.717) is 12.4 Å². The number of nitrogens with two attached hydrogens (primary N) is 2. The Labute approximate surface area is 235 Å². The number of carbonyl (C=O) groups excluding carboxylic acids is 2. The highest BCUT2D eigenvalue weighted by Crippen LogP contribution is 2.45. The molecule has 1 aromatic heterocycles. The third-order valence-corrected chi connectivity index (χ3v) is 8.31. The van der Waals surface area contributed by atoms with Crippen LogP contribution >= 0.6 is 0 Å². The molecule has 4 atom stereocenters. The number of benzene rings is 1. The number of carbonyl (C=O) groups is 2. The van der Waals surface area contributed by atoms with Gasteiger partial charge in [-0.3, -0.25) is 9.59 Å². The van der Waals surface area contributed by atoms with Gasteiger partial charge in [0, 0.05) is 31.0 Å². The summed E-state index contributed by atoms with van der Waals surface area (Å²) in [5.74, 6) is -3.40. The molecule has 1 fully saturated rings. The number of nitrogens with zero attached hydrogens (tertiary/aromatic N) is 5. The normalized spacial score (nSPS) is 28.6. The largest absolute Gasteiger partial charge is 0.492 e. The van der Waals surface area contributed by atoms with Crippen molar-refractivity contribution in [2.75, 3.05) is 19.7 Å². The lowest BCUT2D eigenvalue weighted by Crippen LogP contribution is -2.78. The monoisotopic (exact) mass is 564 g/mol. The van der Waals surface area contributed by atoms with Gasteiger partial charge < -0.3 is 47.3 Å². The lowest BCUT2D eigenvalue weighted by Gasteiger charge is -2.49. The third kappa shape index (κ3) is 4.02. The molecule has 1 aromatic carbocycles. The number of rotatable bonds is 5. The summed E-state index contributed by atoms with van der Waals surface area (Å²) in [7, 11) is 0. The summed E-state index contributed by atoms with van der Waals surface area (Å²) in [4.78, 5) is 44.3. The van der Waals surface area contributed by atoms with E-state index in [1.54, 1.807) is 18.2 Å². The van der Waals surface area contributed by atoms with E-state index in [2.05, 4.69) is 49.8 Å². The van der Waals surface area contributed by atoms with Gasteiger partial charge in [-0.1, -0.05) is 26.0 Å². The topological polar surface area (TPSA) is 226 Å². The minimum absolute atomic E-state index is 0.0399. The van der Waals surface area contributed by atoms with E-state index in [4.69, 9.17) is 16.2 Å². The van der Waals surface area contributed by atoms with Crippen molar-refractivity contribution in [2.45, 2.75) is 55.3 Å². The number of guanidine groups is 2. The number of aliphatic imine (C=N–C) groups is 2. The fourth-order valence-electron chi connectivity index (χ4n) is 6.13. The van der Waals surface area contributed by atoms with Crippen molar-refractivity contribution >= 4 is 23.7 Å². The SMILES string of the molecule is CC1(C)CCOc2c(C(=O)NC3CN4C(N)=N[C@@H](CNC(=O)c5ncccn5)C5N=C(N)NC54C3(O)O)cccc21. The van der Waals surface area contributed by atoms with Gasteiger partial charge in [0.15, 0.2) is 17.6 Å². The van der Waals surface area contributed by atoms with E-state index in [0.717, 1.165) is 12.0 Å². The summed E-state index contributed by atoms with van der Waals surface area (Å²) in [5, 5.41) is 31.7. The van der Waals surface area contributed by atoms with Crippen molar-refractivity contribution in [3.8, 4) is 5.75 Å². The van der Waals surface area contributed by atoms with Crippen molar-refractivity contribution in [2.24, 2.45) is 21.5 Å². The Morgan fingerprint density at radius 2 is 1.90 bits per heavy atom. The number of amides is 2. The molecule has 0 radical (unpaired) electrons. The molecule has 15 nitrogen and oxygen atoms in total. The molecule has 1 saturated heterocycles. The zero-order valence-electron chi connectivity index (χ0n) is 22.5. The van der Waals surface area contributed by atoms with Crippen molar-refractivity contribution in [3.05, 3.63) is 53.6 Å². The molecule has 5 heterocycles. The smallest absolute Gasteiger partial charge is 0.289 e. The number of fused-ring (bicyclic) bond motifs is 1. The summed E-state index contributed by atoms with van der Waals surface area (Å²) in [5.41, 5.74) is 11.6. The van der Waals surface area contributed by atoms with Crippen LogP contribution in [-0.4, -0.2) is 98.1 Å². The van der Waals surface area contributed by atoms with Gasteiger partial charge in [-0.15, -0.1) is 0 Å². The second kappa shape index (κ2) is 9.27. The van der Waals surface area contributed by atoms with E-state index >= 15 is 0 Å². The van der Waals surface area contributed by atoms with Crippen LogP contribution in [0.25, 0.3) is 0 Å². The van der Waals surface area contributed by atoms with Crippen LogP contribution in [0.15, 0.2) is 46.6 Å². The number of hydrogen-bond acceptors (Lipinski definition) is 13. The Morgan fingerprint density at radius 1 is 1.15 bits per heavy atom. The molecule has 2 amide bonds. The summed E-state index contributed by atoms with van der Waals surface area (Å²) in [6.07, 6.45) is 3.68. The highest BCUT2D eigenvalue weighted by molar-refractivity contribution is 5.98. The third-order valence-electron chi connectivity index (χ3n) is 8.31. The van der Waals surface area contributed by atoms with Crippen molar-refractivity contribution in [3.63, 3.8) is 0 Å². The Bertz CT molecular complexity index is 1460. The number of aromatic nitrogens is 2. The van der Waals surface area contributed by atoms with Crippen LogP contribution in [-0.2, 0) is 5.41 Å². The molecule has 15 heteroatoms. The molecule has 0 aliphatic carbocycles. The summed E-state index contributed by atoms with van der Waals surface area (Å²) >= 11 is 0. The molecule has 9 N–H and O–H groups in total. The lowest BCUT2D eigenvalue weighted by atomic mass is 9.79. The van der Waals surface area contributed by atoms with E-state index in [1.165, 1.54) is 17.3 Å². The highest BCUT2D eigenvalue weighted by Gasteiger charge is 2.73. The van der Waals surface area contributed by atoms with E-state index < -0.39 is 41.4 Å². The molecule has 41 heavy (non-hydrogen) atoms. The zero-order chi connectivity index (χ0) is 29.2. The van der Waals surface area contributed by atoms with Crippen LogP contribution in [0.5, 0.6) is 5.75 Å². The Morgan fingerprint density at radius 3 is 2.66 bits per heavy atom. The lowest BCUT2D eigenvalue weighted by molar-refractivity contribution is -0.230. The standard InChI is InChI=1S/C26H32N10O5/c1-24(2)7-10-41-17-13(5-3-6-14(17)24)20(37)33-16-12-36-23(28)32-15(11-31-21(38)19-29-8-4-9-30-19)18-25(36,26(16,39)40)35-22(27)34-18/h3-6,8-9,15-16,18,39-40H,7,10-12H2,1-2H3,(H2,28,32)(H,31,38)(H,33,37)(H3,27,34,35)/t15-,16?,18?,25?/m0/s1. The first-order chi connectivity index (χ1) is 19.5. The maximum Gasteiger partial charge on any atom is 0.289 e. The number of para-hydroxylation sites is 1. The maximum atomic E-state index is 13.6. The van der Waals surface area contributed by atoms with Crippen molar-refractivity contribution < 1.29 is 24.5 Å². The second-order valence-electron chi connectivity index (χ2n) is 11.2. The van der Waals surface area contributed by atoms with Crippen LogP contribution < -0.4 is 32.2 Å². The summed E-state index contributed by atoms with van der Waals surface area (Å²) in [6, 6.07) is 3.86. The van der Waals surface area contributed by atoms with Crippen molar-refractivity contribution in [1.29, 1.82) is 0 Å². The second-order valence-corrected chi connectivity index (χ2v) is 11.2. The van der Waals surface area contributed by atoms with Crippen LogP contribution in [0.1, 0.15) is 46.8 Å². The van der Waals surface area contributed by atoms with Gasteiger partial charge in [-0.25, -0.2) is 20.0 Å². The van der Waals surface area contributed by atoms with Crippen LogP contribution in [0.4, 0.5) is 0 Å². The molecule has 4 aliphatic heterocycles. The Kier molecular flexibility index (Phi) is 6.04. The zero-order valence-corrected chi connectivity index (χ0v) is 22.5. The molecule has 216 valence electrons. The quantitative estimate of drug-likeness (QED) is 0.192. The van der Waals surface area contributed by atoms with Crippen molar-refractivity contribution in [1.82, 2.24) is 30.8 Å². The summed E-state index contributed by atoms with van der Waals surface area (Å²) in [6.45, 7) is 4.44. The Hall–Kier alpha value is -4.50. The highest BCUT2D eigenvalue weighted by atomic mass is 16.5. The molecular formula is C26H32N10O5. The first kappa shape index (κ1) is 26.7. The minimum Gasteiger partial charge on any atom is -0.492 e. The summed E-state index contributed by atoms with van der Waals surface area (Å²) < 4.78 is 5.89. The predicted molar refractivity (Wildman–Crippen MR) is 146 cm³/mol. The van der Waals surface area contributed by atoms with Gasteiger partial charge in [-0.2, -0.15) is 0 Å². The van der Waals surface area contributed by atoms with Gasteiger partial charge in [0.05, 0.1) is 18.2 Å². The first-order valence-electron chi connectivity index (χ1n) is 13.2. The fourth-order valence-corrected chi connectivity index (χ4v) is 6.13.